The van der Waals surface area contributed by atoms with Crippen LogP contribution in [0.15, 0.2) is 59.1 Å². The molecule has 0 spiro atoms. The summed E-state index contributed by atoms with van der Waals surface area (Å²) >= 11 is 3.31. The molecule has 1 aliphatic carbocycles. The van der Waals surface area contributed by atoms with Crippen molar-refractivity contribution in [1.82, 2.24) is 10.3 Å². The van der Waals surface area contributed by atoms with Crippen LogP contribution in [0.2, 0.25) is 0 Å². The fourth-order valence-electron chi connectivity index (χ4n) is 3.38. The molecule has 0 aliphatic heterocycles. The van der Waals surface area contributed by atoms with Crippen LogP contribution in [0.25, 0.3) is 0 Å². The Labute approximate surface area is 184 Å². The van der Waals surface area contributed by atoms with Gasteiger partial charge in [-0.05, 0) is 48.2 Å². The van der Waals surface area contributed by atoms with E-state index in [4.69, 9.17) is 5.73 Å². The van der Waals surface area contributed by atoms with Crippen LogP contribution >= 0.6 is 15.9 Å². The first-order valence-electron chi connectivity index (χ1n) is 9.85. The second kappa shape index (κ2) is 9.71. The summed E-state index contributed by atoms with van der Waals surface area (Å²) in [5.74, 6) is -0.429. The van der Waals surface area contributed by atoms with Crippen LogP contribution in [-0.4, -0.2) is 16.9 Å². The zero-order valence-electron chi connectivity index (χ0n) is 16.9. The zero-order valence-corrected chi connectivity index (χ0v) is 18.5. The summed E-state index contributed by atoms with van der Waals surface area (Å²) in [5, 5.41) is 5.90. The van der Waals surface area contributed by atoms with Gasteiger partial charge in [-0.1, -0.05) is 54.0 Å². The van der Waals surface area contributed by atoms with E-state index < -0.39 is 5.82 Å². The number of nitrogens with two attached hydrogens (primary N) is 1. The first-order valence-corrected chi connectivity index (χ1v) is 10.6. The molecule has 1 aromatic heterocycles. The van der Waals surface area contributed by atoms with Gasteiger partial charge in [0, 0.05) is 22.3 Å². The second-order valence-electron chi connectivity index (χ2n) is 6.77. The lowest BCUT2D eigenvalue weighted by molar-refractivity contribution is 0.0933. The van der Waals surface area contributed by atoms with E-state index >= 15 is 0 Å². The van der Waals surface area contributed by atoms with Crippen molar-refractivity contribution in [2.75, 3.05) is 11.1 Å². The van der Waals surface area contributed by atoms with E-state index in [1.54, 1.807) is 18.2 Å². The molecular formula is C23H24BrFN4O. The van der Waals surface area contributed by atoms with E-state index in [-0.39, 0.29) is 23.3 Å². The first-order chi connectivity index (χ1) is 14.5. The Bertz CT molecular complexity index is 1030. The fraction of sp³-hybridized carbons (Fsp3) is 0.217. The number of rotatable bonds is 4. The van der Waals surface area contributed by atoms with Crippen molar-refractivity contribution in [2.24, 2.45) is 0 Å². The molecule has 4 rings (SSSR count). The topological polar surface area (TPSA) is 80.0 Å². The van der Waals surface area contributed by atoms with Crippen LogP contribution in [0.4, 0.5) is 21.6 Å². The molecular weight excluding hydrogens is 447 g/mol. The highest BCUT2D eigenvalue weighted by molar-refractivity contribution is 9.10. The van der Waals surface area contributed by atoms with Gasteiger partial charge in [0.1, 0.15) is 17.3 Å². The van der Waals surface area contributed by atoms with Crippen LogP contribution in [0.5, 0.6) is 0 Å². The number of carbonyl (C=O) groups excluding carboxylic acids is 1. The van der Waals surface area contributed by atoms with Crippen LogP contribution in [0, 0.1) is 5.82 Å². The lowest BCUT2D eigenvalue weighted by Gasteiger charge is -2.13. The summed E-state index contributed by atoms with van der Waals surface area (Å²) in [5.41, 5.74) is 9.23. The Kier molecular flexibility index (Phi) is 7.05. The highest BCUT2D eigenvalue weighted by Gasteiger charge is 2.23. The SMILES string of the molecule is CC.Nc1cc(Nc2cc(Br)ccc2F)nc(C(=O)NC2Cc3ccccc3C2)c1. The standard InChI is InChI=1S/C21H18BrFN4O.C2H6/c22-14-5-6-17(23)18(9-14)26-20-11-15(24)10-19(27-20)21(28)25-16-7-12-3-1-2-4-13(12)8-16;1-2/h1-6,9-11,16H,7-8H2,(H,25,28)(H3,24,26,27);1-2H3. The molecule has 0 bridgehead atoms. The average Bonchev–Trinajstić information content (AvgIpc) is 3.14. The van der Waals surface area contributed by atoms with Gasteiger partial charge in [-0.15, -0.1) is 0 Å². The summed E-state index contributed by atoms with van der Waals surface area (Å²) < 4.78 is 14.7. The summed E-state index contributed by atoms with van der Waals surface area (Å²) in [6.45, 7) is 4.00. The Morgan fingerprint density at radius 3 is 2.43 bits per heavy atom. The minimum Gasteiger partial charge on any atom is -0.399 e. The number of amides is 1. The molecule has 0 saturated carbocycles. The molecule has 0 fully saturated rings. The Morgan fingerprint density at radius 2 is 1.77 bits per heavy atom. The number of hydrogen-bond acceptors (Lipinski definition) is 4. The molecule has 0 saturated heterocycles. The van der Waals surface area contributed by atoms with E-state index in [0.29, 0.717) is 11.5 Å². The van der Waals surface area contributed by atoms with Crippen LogP contribution < -0.4 is 16.4 Å². The predicted molar refractivity (Wildman–Crippen MR) is 122 cm³/mol. The lowest BCUT2D eigenvalue weighted by Crippen LogP contribution is -2.35. The summed E-state index contributed by atoms with van der Waals surface area (Å²) in [4.78, 5) is 17.0. The molecule has 0 atom stereocenters. The van der Waals surface area contributed by atoms with Gasteiger partial charge < -0.3 is 16.4 Å². The number of hydrogen-bond donors (Lipinski definition) is 3. The van der Waals surface area contributed by atoms with Crippen molar-refractivity contribution in [1.29, 1.82) is 0 Å². The van der Waals surface area contributed by atoms with Crippen molar-refractivity contribution < 1.29 is 9.18 Å². The molecule has 3 aromatic rings. The minimum absolute atomic E-state index is 0.0204. The molecule has 156 valence electrons. The number of nitrogen functional groups attached to an aromatic ring is 1. The molecule has 1 aliphatic rings. The Balaban J connectivity index is 0.00000124. The summed E-state index contributed by atoms with van der Waals surface area (Å²) in [6, 6.07) is 15.8. The molecule has 5 nitrogen and oxygen atoms in total. The highest BCUT2D eigenvalue weighted by atomic mass is 79.9. The van der Waals surface area contributed by atoms with E-state index in [9.17, 15) is 9.18 Å². The first kappa shape index (κ1) is 21.8. The number of nitrogens with one attached hydrogen (secondary N) is 2. The molecule has 1 amide bonds. The van der Waals surface area contributed by atoms with Gasteiger partial charge in [0.15, 0.2) is 0 Å². The largest absolute Gasteiger partial charge is 0.399 e. The highest BCUT2D eigenvalue weighted by Crippen LogP contribution is 2.25. The van der Waals surface area contributed by atoms with Crippen LogP contribution in [0.3, 0.4) is 0 Å². The third kappa shape index (κ3) is 5.16. The van der Waals surface area contributed by atoms with Gasteiger partial charge in [0.25, 0.3) is 5.91 Å². The molecule has 0 unspecified atom stereocenters. The fourth-order valence-corrected chi connectivity index (χ4v) is 3.74. The average molecular weight is 471 g/mol. The Hall–Kier alpha value is -2.93. The maximum Gasteiger partial charge on any atom is 0.270 e. The third-order valence-corrected chi connectivity index (χ3v) is 5.15. The number of benzene rings is 2. The molecule has 0 radical (unpaired) electrons. The Morgan fingerprint density at radius 1 is 1.10 bits per heavy atom. The lowest BCUT2D eigenvalue weighted by atomic mass is 10.1. The number of fused-ring (bicyclic) bond motifs is 1. The third-order valence-electron chi connectivity index (χ3n) is 4.66. The smallest absolute Gasteiger partial charge is 0.270 e. The van der Waals surface area contributed by atoms with Crippen LogP contribution in [0.1, 0.15) is 35.5 Å². The van der Waals surface area contributed by atoms with Gasteiger partial charge in [-0.3, -0.25) is 4.79 Å². The number of anilines is 3. The minimum atomic E-state index is -0.429. The van der Waals surface area contributed by atoms with Gasteiger partial charge >= 0.3 is 0 Å². The normalized spacial score (nSPS) is 12.5. The van der Waals surface area contributed by atoms with Crippen molar-refractivity contribution in [3.63, 3.8) is 0 Å². The predicted octanol–water partition coefficient (Wildman–Crippen LogP) is 5.23. The van der Waals surface area contributed by atoms with E-state index in [2.05, 4.69) is 43.7 Å². The number of pyridine rings is 1. The number of carbonyl (C=O) groups is 1. The maximum absolute atomic E-state index is 14.0. The zero-order chi connectivity index (χ0) is 21.7. The second-order valence-corrected chi connectivity index (χ2v) is 7.68. The van der Waals surface area contributed by atoms with Gasteiger partial charge in [0.05, 0.1) is 5.69 Å². The number of nitrogens with zero attached hydrogens (tertiary/aromatic N) is 1. The molecule has 4 N–H and O–H groups in total. The van der Waals surface area contributed by atoms with Crippen molar-refractivity contribution in [3.8, 4) is 0 Å². The van der Waals surface area contributed by atoms with Gasteiger partial charge in [-0.25, -0.2) is 9.37 Å². The van der Waals surface area contributed by atoms with Crippen molar-refractivity contribution >= 4 is 39.0 Å². The van der Waals surface area contributed by atoms with Crippen LogP contribution in [-0.2, 0) is 12.8 Å². The van der Waals surface area contributed by atoms with Crippen molar-refractivity contribution in [2.45, 2.75) is 32.7 Å². The van der Waals surface area contributed by atoms with Gasteiger partial charge in [0.2, 0.25) is 0 Å². The number of aromatic nitrogens is 1. The molecule has 1 heterocycles. The van der Waals surface area contributed by atoms with Gasteiger partial charge in [-0.2, -0.15) is 0 Å². The monoisotopic (exact) mass is 470 g/mol. The number of halogens is 2. The van der Waals surface area contributed by atoms with Crippen molar-refractivity contribution in [3.05, 3.63) is 81.7 Å². The summed E-state index contributed by atoms with van der Waals surface area (Å²) in [7, 11) is 0. The molecule has 2 aromatic carbocycles. The van der Waals surface area contributed by atoms with E-state index in [1.165, 1.54) is 23.3 Å². The quantitative estimate of drug-likeness (QED) is 0.487. The summed E-state index contributed by atoms with van der Waals surface area (Å²) in [6.07, 6.45) is 1.58. The molecule has 7 heteroatoms. The maximum atomic E-state index is 14.0. The van der Waals surface area contributed by atoms with E-state index in [1.807, 2.05) is 26.0 Å². The molecule has 30 heavy (non-hydrogen) atoms. The van der Waals surface area contributed by atoms with E-state index in [0.717, 1.165) is 17.3 Å².